The number of rotatable bonds is 3. The van der Waals surface area contributed by atoms with E-state index in [9.17, 15) is 4.79 Å². The van der Waals surface area contributed by atoms with E-state index < -0.39 is 5.97 Å². The summed E-state index contributed by atoms with van der Waals surface area (Å²) in [5, 5.41) is 4.01. The molecule has 0 aliphatic heterocycles. The van der Waals surface area contributed by atoms with Crippen molar-refractivity contribution < 1.29 is 9.53 Å². The predicted molar refractivity (Wildman–Crippen MR) is 64.6 cm³/mol. The maximum atomic E-state index is 11.5. The summed E-state index contributed by atoms with van der Waals surface area (Å²) >= 11 is 0. The predicted octanol–water partition coefficient (Wildman–Crippen LogP) is 0.636. The fourth-order valence-electron chi connectivity index (χ4n) is 1.44. The van der Waals surface area contributed by atoms with Gasteiger partial charge in [-0.15, -0.1) is 0 Å². The molecule has 0 spiro atoms. The van der Waals surface area contributed by atoms with E-state index in [1.54, 1.807) is 31.0 Å². The Kier molecular flexibility index (Phi) is 3.22. The first-order valence-corrected chi connectivity index (χ1v) is 5.40. The Labute approximate surface area is 104 Å². The first-order valence-electron chi connectivity index (χ1n) is 5.40. The Bertz CT molecular complexity index is 579. The molecule has 0 aliphatic rings. The highest BCUT2D eigenvalue weighted by molar-refractivity contribution is 5.94. The number of carbonyl (C=O) groups is 1. The zero-order valence-electron chi connectivity index (χ0n) is 10.1. The molecule has 0 bridgehead atoms. The van der Waals surface area contributed by atoms with Crippen molar-refractivity contribution in [3.05, 3.63) is 24.2 Å². The van der Waals surface area contributed by atoms with Gasteiger partial charge >= 0.3 is 5.97 Å². The van der Waals surface area contributed by atoms with Crippen molar-refractivity contribution in [2.45, 2.75) is 6.92 Å². The molecule has 2 N–H and O–H groups in total. The molecular formula is C11H13N5O2. The quantitative estimate of drug-likeness (QED) is 0.799. The van der Waals surface area contributed by atoms with E-state index in [1.807, 2.05) is 0 Å². The van der Waals surface area contributed by atoms with Crippen LogP contribution in [0.25, 0.3) is 11.4 Å². The van der Waals surface area contributed by atoms with Crippen LogP contribution in [0.3, 0.4) is 0 Å². The second-order valence-electron chi connectivity index (χ2n) is 3.62. The third-order valence-corrected chi connectivity index (χ3v) is 2.28. The standard InChI is InChI=1S/C11H13N5O2/c1-3-18-11(17)8-5-13-10(15-9(8)12)7-4-14-16(2)6-7/h4-6H,3H2,1-2H3,(H2,12,13,15). The highest BCUT2D eigenvalue weighted by atomic mass is 16.5. The minimum atomic E-state index is -0.521. The van der Waals surface area contributed by atoms with Crippen molar-refractivity contribution in [1.29, 1.82) is 0 Å². The zero-order chi connectivity index (χ0) is 13.1. The van der Waals surface area contributed by atoms with Crippen LogP contribution in [0.1, 0.15) is 17.3 Å². The largest absolute Gasteiger partial charge is 0.462 e. The lowest BCUT2D eigenvalue weighted by atomic mass is 10.3. The monoisotopic (exact) mass is 247 g/mol. The summed E-state index contributed by atoms with van der Waals surface area (Å²) < 4.78 is 6.48. The van der Waals surface area contributed by atoms with Gasteiger partial charge in [0.25, 0.3) is 0 Å². The van der Waals surface area contributed by atoms with Gasteiger partial charge in [-0.05, 0) is 6.92 Å². The molecule has 0 amide bonds. The molecule has 0 aromatic carbocycles. The van der Waals surface area contributed by atoms with Crippen LogP contribution >= 0.6 is 0 Å². The number of nitrogens with zero attached hydrogens (tertiary/aromatic N) is 4. The summed E-state index contributed by atoms with van der Waals surface area (Å²) in [6, 6.07) is 0. The van der Waals surface area contributed by atoms with Gasteiger partial charge in [0.05, 0.1) is 18.4 Å². The molecule has 0 saturated heterocycles. The van der Waals surface area contributed by atoms with Gasteiger partial charge in [-0.1, -0.05) is 0 Å². The number of hydrogen-bond donors (Lipinski definition) is 1. The Morgan fingerprint density at radius 2 is 2.28 bits per heavy atom. The topological polar surface area (TPSA) is 95.9 Å². The van der Waals surface area contributed by atoms with Gasteiger partial charge < -0.3 is 10.5 Å². The number of aromatic nitrogens is 4. The molecule has 2 rings (SSSR count). The van der Waals surface area contributed by atoms with Crippen LogP contribution in [0, 0.1) is 0 Å². The fraction of sp³-hybridized carbons (Fsp3) is 0.273. The maximum Gasteiger partial charge on any atom is 0.343 e. The molecule has 2 aromatic heterocycles. The Morgan fingerprint density at radius 1 is 1.50 bits per heavy atom. The number of aryl methyl sites for hydroxylation is 1. The highest BCUT2D eigenvalue weighted by Crippen LogP contribution is 2.17. The smallest absolute Gasteiger partial charge is 0.343 e. The van der Waals surface area contributed by atoms with E-state index in [-0.39, 0.29) is 18.0 Å². The van der Waals surface area contributed by atoms with Crippen LogP contribution in [0.5, 0.6) is 0 Å². The molecule has 18 heavy (non-hydrogen) atoms. The van der Waals surface area contributed by atoms with E-state index in [0.29, 0.717) is 5.82 Å². The Morgan fingerprint density at radius 3 is 2.83 bits per heavy atom. The molecule has 7 nitrogen and oxygen atoms in total. The Hall–Kier alpha value is -2.44. The van der Waals surface area contributed by atoms with E-state index in [1.165, 1.54) is 6.20 Å². The number of anilines is 1. The molecule has 7 heteroatoms. The van der Waals surface area contributed by atoms with Gasteiger partial charge in [-0.3, -0.25) is 4.68 Å². The normalized spacial score (nSPS) is 10.3. The van der Waals surface area contributed by atoms with E-state index in [0.717, 1.165) is 5.56 Å². The lowest BCUT2D eigenvalue weighted by Crippen LogP contribution is -2.10. The molecule has 94 valence electrons. The molecule has 0 unspecified atom stereocenters. The van der Waals surface area contributed by atoms with E-state index in [4.69, 9.17) is 10.5 Å². The summed E-state index contributed by atoms with van der Waals surface area (Å²) in [5.74, 6) is 0.00342. The van der Waals surface area contributed by atoms with Crippen LogP contribution in [0.4, 0.5) is 5.82 Å². The van der Waals surface area contributed by atoms with Crippen molar-refractivity contribution >= 4 is 11.8 Å². The second-order valence-corrected chi connectivity index (χ2v) is 3.62. The first-order chi connectivity index (χ1) is 8.61. The molecule has 2 aromatic rings. The van der Waals surface area contributed by atoms with Crippen LogP contribution in [0.15, 0.2) is 18.6 Å². The number of esters is 1. The Balaban J connectivity index is 2.33. The minimum Gasteiger partial charge on any atom is -0.462 e. The fourth-order valence-corrected chi connectivity index (χ4v) is 1.44. The number of hydrogen-bond acceptors (Lipinski definition) is 6. The highest BCUT2D eigenvalue weighted by Gasteiger charge is 2.14. The molecule has 0 atom stereocenters. The summed E-state index contributed by atoms with van der Waals surface area (Å²) in [6.45, 7) is 2.00. The van der Waals surface area contributed by atoms with Crippen molar-refractivity contribution in [1.82, 2.24) is 19.7 Å². The van der Waals surface area contributed by atoms with Gasteiger partial charge in [0.15, 0.2) is 5.82 Å². The first kappa shape index (κ1) is 12.0. The van der Waals surface area contributed by atoms with Crippen LogP contribution in [-0.2, 0) is 11.8 Å². The summed E-state index contributed by atoms with van der Waals surface area (Å²) in [5.41, 5.74) is 6.62. The van der Waals surface area contributed by atoms with Crippen molar-refractivity contribution in [2.75, 3.05) is 12.3 Å². The van der Waals surface area contributed by atoms with Crippen molar-refractivity contribution in [3.8, 4) is 11.4 Å². The van der Waals surface area contributed by atoms with Gasteiger partial charge in [-0.25, -0.2) is 14.8 Å². The van der Waals surface area contributed by atoms with Gasteiger partial charge in [0.2, 0.25) is 0 Å². The minimum absolute atomic E-state index is 0.0994. The van der Waals surface area contributed by atoms with E-state index in [2.05, 4.69) is 15.1 Å². The van der Waals surface area contributed by atoms with Gasteiger partial charge in [0.1, 0.15) is 11.4 Å². The SMILES string of the molecule is CCOC(=O)c1cnc(-c2cnn(C)c2)nc1N. The lowest BCUT2D eigenvalue weighted by molar-refractivity contribution is 0.0527. The summed E-state index contributed by atoms with van der Waals surface area (Å²) in [6.07, 6.45) is 4.75. The molecule has 0 radical (unpaired) electrons. The summed E-state index contributed by atoms with van der Waals surface area (Å²) in [4.78, 5) is 19.7. The van der Waals surface area contributed by atoms with Crippen LogP contribution < -0.4 is 5.73 Å². The second kappa shape index (κ2) is 4.82. The van der Waals surface area contributed by atoms with Crippen LogP contribution in [0.2, 0.25) is 0 Å². The van der Waals surface area contributed by atoms with Gasteiger partial charge in [0, 0.05) is 19.4 Å². The third-order valence-electron chi connectivity index (χ3n) is 2.28. The maximum absolute atomic E-state index is 11.5. The average Bonchev–Trinajstić information content (AvgIpc) is 2.76. The summed E-state index contributed by atoms with van der Waals surface area (Å²) in [7, 11) is 1.79. The molecule has 2 heterocycles. The van der Waals surface area contributed by atoms with Crippen molar-refractivity contribution in [3.63, 3.8) is 0 Å². The molecule has 0 saturated carbocycles. The molecule has 0 fully saturated rings. The number of nitrogens with two attached hydrogens (primary N) is 1. The molecule has 0 aliphatic carbocycles. The van der Waals surface area contributed by atoms with E-state index >= 15 is 0 Å². The lowest BCUT2D eigenvalue weighted by Gasteiger charge is -2.04. The number of nitrogen functional groups attached to an aromatic ring is 1. The van der Waals surface area contributed by atoms with Crippen LogP contribution in [-0.4, -0.2) is 32.3 Å². The number of carbonyl (C=O) groups excluding carboxylic acids is 1. The van der Waals surface area contributed by atoms with Gasteiger partial charge in [-0.2, -0.15) is 5.10 Å². The zero-order valence-corrected chi connectivity index (χ0v) is 10.1. The third kappa shape index (κ3) is 2.29. The average molecular weight is 247 g/mol. The number of ether oxygens (including phenoxy) is 1. The van der Waals surface area contributed by atoms with Crippen molar-refractivity contribution in [2.24, 2.45) is 7.05 Å². The molecular weight excluding hydrogens is 234 g/mol.